The third-order valence-corrected chi connectivity index (χ3v) is 6.49. The lowest BCUT2D eigenvalue weighted by Gasteiger charge is -2.15. The first-order valence-corrected chi connectivity index (χ1v) is 12.2. The van der Waals surface area contributed by atoms with Gasteiger partial charge in [-0.25, -0.2) is 13.1 Å². The van der Waals surface area contributed by atoms with Crippen molar-refractivity contribution in [3.63, 3.8) is 0 Å². The highest BCUT2D eigenvalue weighted by Crippen LogP contribution is 2.28. The third kappa shape index (κ3) is 6.95. The molecule has 0 radical (unpaired) electrons. The SMILES string of the molecule is CCOc1ccc(NC(=O)COc2ccc(S(=O)(=O)N[C@H](C)c3ccccc3)cc2Cl)cc1. The van der Waals surface area contributed by atoms with E-state index in [0.29, 0.717) is 18.0 Å². The number of ether oxygens (including phenoxy) is 2. The highest BCUT2D eigenvalue weighted by atomic mass is 35.5. The van der Waals surface area contributed by atoms with Gasteiger partial charge in [0.1, 0.15) is 11.5 Å². The summed E-state index contributed by atoms with van der Waals surface area (Å²) < 4.78 is 38.9. The van der Waals surface area contributed by atoms with Gasteiger partial charge in [-0.1, -0.05) is 41.9 Å². The molecule has 1 atom stereocenters. The Balaban J connectivity index is 1.59. The molecule has 0 saturated heterocycles. The summed E-state index contributed by atoms with van der Waals surface area (Å²) >= 11 is 6.22. The molecule has 3 aromatic carbocycles. The van der Waals surface area contributed by atoms with Crippen molar-refractivity contribution >= 4 is 33.2 Å². The molecule has 2 N–H and O–H groups in total. The highest BCUT2D eigenvalue weighted by Gasteiger charge is 2.20. The molecule has 0 aliphatic heterocycles. The fraction of sp³-hybridized carbons (Fsp3) is 0.208. The van der Waals surface area contributed by atoms with Gasteiger partial charge in [0.15, 0.2) is 6.61 Å². The molecule has 3 aromatic rings. The average Bonchev–Trinajstić information content (AvgIpc) is 2.80. The minimum absolute atomic E-state index is 0.00136. The van der Waals surface area contributed by atoms with E-state index in [1.54, 1.807) is 31.2 Å². The summed E-state index contributed by atoms with van der Waals surface area (Å²) in [7, 11) is -3.81. The Kier molecular flexibility index (Phi) is 8.32. The Morgan fingerprint density at radius 3 is 2.33 bits per heavy atom. The molecule has 0 unspecified atom stereocenters. The normalized spacial score (nSPS) is 12.1. The minimum Gasteiger partial charge on any atom is -0.494 e. The number of amides is 1. The molecule has 0 bridgehead atoms. The first kappa shape index (κ1) is 24.6. The van der Waals surface area contributed by atoms with E-state index in [9.17, 15) is 13.2 Å². The van der Waals surface area contributed by atoms with Crippen molar-refractivity contribution in [2.24, 2.45) is 0 Å². The van der Waals surface area contributed by atoms with E-state index < -0.39 is 16.1 Å². The minimum atomic E-state index is -3.81. The van der Waals surface area contributed by atoms with Crippen LogP contribution in [0.4, 0.5) is 5.69 Å². The molecule has 7 nitrogen and oxygen atoms in total. The average molecular weight is 489 g/mol. The van der Waals surface area contributed by atoms with Crippen molar-refractivity contribution in [2.45, 2.75) is 24.8 Å². The largest absolute Gasteiger partial charge is 0.494 e. The molecule has 0 aliphatic rings. The van der Waals surface area contributed by atoms with Crippen LogP contribution in [0.2, 0.25) is 5.02 Å². The highest BCUT2D eigenvalue weighted by molar-refractivity contribution is 7.89. The Bertz CT molecular complexity index is 1190. The predicted octanol–water partition coefficient (Wildman–Crippen LogP) is 4.80. The van der Waals surface area contributed by atoms with Gasteiger partial charge >= 0.3 is 0 Å². The summed E-state index contributed by atoms with van der Waals surface area (Å²) in [5.74, 6) is 0.528. The Morgan fingerprint density at radius 2 is 1.70 bits per heavy atom. The molecule has 0 fully saturated rings. The van der Waals surface area contributed by atoms with Crippen molar-refractivity contribution < 1.29 is 22.7 Å². The number of anilines is 1. The van der Waals surface area contributed by atoms with E-state index in [1.165, 1.54) is 18.2 Å². The standard InChI is InChI=1S/C24H25ClN2O5S/c1-3-31-20-11-9-19(10-12-20)26-24(28)16-32-23-14-13-21(15-22(23)25)33(29,30)27-17(2)18-7-5-4-6-8-18/h4-15,17,27H,3,16H2,1-2H3,(H,26,28)/t17-/m1/s1. The smallest absolute Gasteiger partial charge is 0.262 e. The molecular formula is C24H25ClN2O5S. The number of rotatable bonds is 10. The molecule has 174 valence electrons. The van der Waals surface area contributed by atoms with E-state index in [1.807, 2.05) is 37.3 Å². The number of halogens is 1. The lowest BCUT2D eigenvalue weighted by Crippen LogP contribution is -2.27. The monoisotopic (exact) mass is 488 g/mol. The Labute approximate surface area is 198 Å². The van der Waals surface area contributed by atoms with Crippen LogP contribution in [0.15, 0.2) is 77.7 Å². The number of nitrogens with one attached hydrogen (secondary N) is 2. The summed E-state index contributed by atoms with van der Waals surface area (Å²) in [5, 5.41) is 2.79. The van der Waals surface area contributed by atoms with Crippen LogP contribution in [0, 0.1) is 0 Å². The van der Waals surface area contributed by atoms with Crippen LogP contribution in [0.5, 0.6) is 11.5 Å². The number of benzene rings is 3. The molecular weight excluding hydrogens is 464 g/mol. The van der Waals surface area contributed by atoms with Crippen LogP contribution in [0.3, 0.4) is 0 Å². The van der Waals surface area contributed by atoms with Crippen LogP contribution in [-0.2, 0) is 14.8 Å². The van der Waals surface area contributed by atoms with Crippen LogP contribution >= 0.6 is 11.6 Å². The quantitative estimate of drug-likeness (QED) is 0.427. The van der Waals surface area contributed by atoms with Gasteiger partial charge < -0.3 is 14.8 Å². The number of sulfonamides is 1. The van der Waals surface area contributed by atoms with Gasteiger partial charge in [-0.05, 0) is 61.9 Å². The summed E-state index contributed by atoms with van der Waals surface area (Å²) in [6, 6.07) is 19.9. The van der Waals surface area contributed by atoms with Gasteiger partial charge in [0, 0.05) is 11.7 Å². The van der Waals surface area contributed by atoms with Crippen LogP contribution in [-0.4, -0.2) is 27.5 Å². The zero-order valence-electron chi connectivity index (χ0n) is 18.2. The number of carbonyl (C=O) groups excluding carboxylic acids is 1. The van der Waals surface area contributed by atoms with Crippen LogP contribution < -0.4 is 19.5 Å². The second-order valence-electron chi connectivity index (χ2n) is 7.14. The fourth-order valence-corrected chi connectivity index (χ4v) is 4.58. The second-order valence-corrected chi connectivity index (χ2v) is 9.26. The predicted molar refractivity (Wildman–Crippen MR) is 128 cm³/mol. The van der Waals surface area contributed by atoms with E-state index in [2.05, 4.69) is 10.0 Å². The van der Waals surface area contributed by atoms with Gasteiger partial charge in [-0.2, -0.15) is 0 Å². The van der Waals surface area contributed by atoms with E-state index in [4.69, 9.17) is 21.1 Å². The number of hydrogen-bond acceptors (Lipinski definition) is 5. The first-order chi connectivity index (χ1) is 15.8. The van der Waals surface area contributed by atoms with Crippen molar-refractivity contribution in [3.8, 4) is 11.5 Å². The molecule has 0 aromatic heterocycles. The Hall–Kier alpha value is -3.07. The van der Waals surface area contributed by atoms with Crippen LogP contribution in [0.25, 0.3) is 0 Å². The summed E-state index contributed by atoms with van der Waals surface area (Å²) in [5.41, 5.74) is 1.43. The molecule has 3 rings (SSSR count). The zero-order chi connectivity index (χ0) is 23.8. The fourth-order valence-electron chi connectivity index (χ4n) is 3.02. The molecule has 0 heterocycles. The van der Waals surface area contributed by atoms with Gasteiger partial charge in [0.05, 0.1) is 16.5 Å². The molecule has 0 saturated carbocycles. The number of hydrogen-bond donors (Lipinski definition) is 2. The van der Waals surface area contributed by atoms with Gasteiger partial charge in [-0.3, -0.25) is 4.79 Å². The van der Waals surface area contributed by atoms with E-state index >= 15 is 0 Å². The molecule has 9 heteroatoms. The maximum Gasteiger partial charge on any atom is 0.262 e. The summed E-state index contributed by atoms with van der Waals surface area (Å²) in [6.07, 6.45) is 0. The molecule has 1 amide bonds. The van der Waals surface area contributed by atoms with Crippen molar-refractivity contribution in [3.05, 3.63) is 83.4 Å². The number of carbonyl (C=O) groups is 1. The molecule has 0 spiro atoms. The zero-order valence-corrected chi connectivity index (χ0v) is 19.8. The van der Waals surface area contributed by atoms with E-state index in [0.717, 1.165) is 5.56 Å². The third-order valence-electron chi connectivity index (χ3n) is 4.65. The summed E-state index contributed by atoms with van der Waals surface area (Å²) in [4.78, 5) is 12.2. The van der Waals surface area contributed by atoms with Crippen molar-refractivity contribution in [1.29, 1.82) is 0 Å². The maximum atomic E-state index is 12.7. The van der Waals surface area contributed by atoms with E-state index in [-0.39, 0.29) is 28.2 Å². The van der Waals surface area contributed by atoms with Gasteiger partial charge in [0.25, 0.3) is 5.91 Å². The van der Waals surface area contributed by atoms with Crippen LogP contribution in [0.1, 0.15) is 25.5 Å². The topological polar surface area (TPSA) is 93.7 Å². The first-order valence-electron chi connectivity index (χ1n) is 10.3. The lowest BCUT2D eigenvalue weighted by atomic mass is 10.1. The molecule has 33 heavy (non-hydrogen) atoms. The summed E-state index contributed by atoms with van der Waals surface area (Å²) in [6.45, 7) is 3.92. The van der Waals surface area contributed by atoms with Crippen molar-refractivity contribution in [1.82, 2.24) is 4.72 Å². The Morgan fingerprint density at radius 1 is 1.00 bits per heavy atom. The van der Waals surface area contributed by atoms with Gasteiger partial charge in [0.2, 0.25) is 10.0 Å². The lowest BCUT2D eigenvalue weighted by molar-refractivity contribution is -0.118. The van der Waals surface area contributed by atoms with Gasteiger partial charge in [-0.15, -0.1) is 0 Å². The second kappa shape index (κ2) is 11.2. The molecule has 0 aliphatic carbocycles. The van der Waals surface area contributed by atoms with Crippen molar-refractivity contribution in [2.75, 3.05) is 18.5 Å². The maximum absolute atomic E-state index is 12.7.